The smallest absolute Gasteiger partial charge is 0.407 e. The van der Waals surface area contributed by atoms with Crippen LogP contribution in [0.25, 0.3) is 0 Å². The Hall–Kier alpha value is -2.92. The number of carbonyl (C=O) groups excluding carboxylic acids is 4. The van der Waals surface area contributed by atoms with E-state index in [0.29, 0.717) is 24.1 Å². The second-order valence-electron chi connectivity index (χ2n) is 11.4. The number of hydrogen-bond acceptors (Lipinski definition) is 10. The fourth-order valence-corrected chi connectivity index (χ4v) is 5.01. The number of esters is 3. The zero-order chi connectivity index (χ0) is 30.2. The van der Waals surface area contributed by atoms with Gasteiger partial charge in [-0.25, -0.2) is 14.4 Å². The van der Waals surface area contributed by atoms with Gasteiger partial charge >= 0.3 is 24.0 Å². The summed E-state index contributed by atoms with van der Waals surface area (Å²) in [5.41, 5.74) is 0.431. The van der Waals surface area contributed by atoms with Gasteiger partial charge in [0.05, 0.1) is 26.4 Å². The zero-order valence-electron chi connectivity index (χ0n) is 24.8. The normalized spacial score (nSPS) is 19.7. The van der Waals surface area contributed by atoms with E-state index in [0.717, 1.165) is 19.3 Å². The number of rotatable bonds is 18. The minimum atomic E-state index is -0.535. The van der Waals surface area contributed by atoms with E-state index in [1.165, 1.54) is 0 Å². The summed E-state index contributed by atoms with van der Waals surface area (Å²) in [5.74, 6) is -1.11. The molecule has 1 fully saturated rings. The average molecular weight is 570 g/mol. The van der Waals surface area contributed by atoms with E-state index >= 15 is 0 Å². The van der Waals surface area contributed by atoms with Crippen molar-refractivity contribution in [1.29, 1.82) is 0 Å². The first kappa shape index (κ1) is 35.1. The minimum absolute atomic E-state index is 0.00466. The van der Waals surface area contributed by atoms with Crippen molar-refractivity contribution in [3.63, 3.8) is 0 Å². The Balaban J connectivity index is 2.29. The highest BCUT2D eigenvalue weighted by atomic mass is 16.6. The van der Waals surface area contributed by atoms with Crippen LogP contribution in [0.1, 0.15) is 60.3 Å². The van der Waals surface area contributed by atoms with E-state index in [4.69, 9.17) is 28.4 Å². The van der Waals surface area contributed by atoms with Gasteiger partial charge in [-0.15, -0.1) is 0 Å². The molecule has 2 atom stereocenters. The molecule has 1 aliphatic rings. The average Bonchev–Trinajstić information content (AvgIpc) is 2.84. The Labute approximate surface area is 237 Å². The number of carbonyl (C=O) groups is 4. The maximum absolute atomic E-state index is 12.4. The van der Waals surface area contributed by atoms with Gasteiger partial charge in [0.1, 0.15) is 26.4 Å². The molecule has 1 N–H and O–H groups in total. The molecule has 0 aromatic rings. The van der Waals surface area contributed by atoms with E-state index < -0.39 is 18.0 Å². The van der Waals surface area contributed by atoms with Crippen molar-refractivity contribution in [2.75, 3.05) is 59.4 Å². The molecule has 0 radical (unpaired) electrons. The van der Waals surface area contributed by atoms with Crippen LogP contribution in [0.3, 0.4) is 0 Å². The third-order valence-corrected chi connectivity index (χ3v) is 6.21. The second-order valence-corrected chi connectivity index (χ2v) is 11.4. The van der Waals surface area contributed by atoms with Crippen molar-refractivity contribution in [1.82, 2.24) is 5.32 Å². The van der Waals surface area contributed by atoms with Gasteiger partial charge in [0.25, 0.3) is 0 Å². The number of ether oxygens (including phenoxy) is 6. The first-order chi connectivity index (χ1) is 18.7. The molecule has 0 aromatic carbocycles. The summed E-state index contributed by atoms with van der Waals surface area (Å²) in [5, 5.41) is 2.84. The van der Waals surface area contributed by atoms with Crippen molar-refractivity contribution in [3.05, 3.63) is 24.3 Å². The van der Waals surface area contributed by atoms with Crippen molar-refractivity contribution in [2.45, 2.75) is 60.3 Å². The first-order valence-electron chi connectivity index (χ1n) is 13.6. The molecule has 0 spiro atoms. The van der Waals surface area contributed by atoms with Crippen molar-refractivity contribution in [3.8, 4) is 0 Å². The number of nitrogens with one attached hydrogen (secondary N) is 1. The summed E-state index contributed by atoms with van der Waals surface area (Å²) in [7, 11) is 0. The van der Waals surface area contributed by atoms with Gasteiger partial charge in [0.15, 0.2) is 0 Å². The van der Waals surface area contributed by atoms with Crippen LogP contribution in [0, 0.1) is 16.7 Å². The molecule has 11 nitrogen and oxygen atoms in total. The van der Waals surface area contributed by atoms with Crippen LogP contribution < -0.4 is 5.32 Å². The third kappa shape index (κ3) is 15.6. The van der Waals surface area contributed by atoms with Gasteiger partial charge in [-0.1, -0.05) is 33.9 Å². The van der Waals surface area contributed by atoms with Crippen molar-refractivity contribution >= 4 is 24.0 Å². The Morgan fingerprint density at radius 1 is 0.725 bits per heavy atom. The van der Waals surface area contributed by atoms with Gasteiger partial charge in [-0.05, 0) is 49.9 Å². The Morgan fingerprint density at radius 3 is 1.70 bits per heavy atom. The zero-order valence-corrected chi connectivity index (χ0v) is 24.8. The summed E-state index contributed by atoms with van der Waals surface area (Å²) < 4.78 is 31.0. The van der Waals surface area contributed by atoms with E-state index in [1.807, 2.05) is 0 Å². The molecule has 228 valence electrons. The Kier molecular flexibility index (Phi) is 15.5. The summed E-state index contributed by atoms with van der Waals surface area (Å²) >= 11 is 0. The number of hydrogen-bond donors (Lipinski definition) is 1. The fraction of sp³-hybridized carbons (Fsp3) is 0.724. The van der Waals surface area contributed by atoms with Gasteiger partial charge in [-0.3, -0.25) is 4.79 Å². The Morgan fingerprint density at radius 2 is 1.20 bits per heavy atom. The predicted octanol–water partition coefficient (Wildman–Crippen LogP) is 3.75. The summed E-state index contributed by atoms with van der Waals surface area (Å²) in [6.45, 7) is 18.2. The van der Waals surface area contributed by atoms with Crippen LogP contribution >= 0.6 is 0 Å². The molecule has 0 aliphatic heterocycles. The lowest BCUT2D eigenvalue weighted by molar-refractivity contribution is -0.147. The molecule has 0 bridgehead atoms. The molecule has 0 aromatic heterocycles. The minimum Gasteiger partial charge on any atom is -0.463 e. The maximum atomic E-state index is 12.4. The van der Waals surface area contributed by atoms with Crippen LogP contribution in [0.5, 0.6) is 0 Å². The lowest BCUT2D eigenvalue weighted by atomic mass is 9.60. The molecule has 2 unspecified atom stereocenters. The molecule has 1 rings (SSSR count). The van der Waals surface area contributed by atoms with Crippen LogP contribution in [-0.2, 0) is 42.8 Å². The van der Waals surface area contributed by atoms with Crippen molar-refractivity contribution in [2.24, 2.45) is 16.7 Å². The highest BCUT2D eigenvalue weighted by Crippen LogP contribution is 2.49. The predicted molar refractivity (Wildman–Crippen MR) is 147 cm³/mol. The highest BCUT2D eigenvalue weighted by molar-refractivity contribution is 5.87. The molecular weight excluding hydrogens is 522 g/mol. The third-order valence-electron chi connectivity index (χ3n) is 6.21. The standard InChI is InChI=1S/C29H47NO10/c1-21(2)25(32)38-13-9-35-8-12-37-24(31)16-23-17-28(5,6)19-29(7,18-23)20-30-27(34)40-15-11-36-10-14-39-26(33)22(3)4/h23H,1,3,8-20H2,2,4-7H3,(H,30,34). The Bertz CT molecular complexity index is 884. The van der Waals surface area contributed by atoms with Gasteiger partial charge in [0, 0.05) is 24.1 Å². The van der Waals surface area contributed by atoms with Crippen LogP contribution in [0.2, 0.25) is 0 Å². The molecule has 0 heterocycles. The topological polar surface area (TPSA) is 136 Å². The summed E-state index contributed by atoms with van der Waals surface area (Å²) in [6, 6.07) is 0. The van der Waals surface area contributed by atoms with Gasteiger partial charge < -0.3 is 33.7 Å². The molecular formula is C29H47NO10. The van der Waals surface area contributed by atoms with Gasteiger partial charge in [-0.2, -0.15) is 0 Å². The first-order valence-corrected chi connectivity index (χ1v) is 13.6. The van der Waals surface area contributed by atoms with E-state index in [-0.39, 0.29) is 75.6 Å². The van der Waals surface area contributed by atoms with E-state index in [1.54, 1.807) is 13.8 Å². The van der Waals surface area contributed by atoms with Crippen LogP contribution in [0.15, 0.2) is 24.3 Å². The van der Waals surface area contributed by atoms with E-state index in [2.05, 4.69) is 39.2 Å². The van der Waals surface area contributed by atoms with Gasteiger partial charge in [0.2, 0.25) is 0 Å². The lowest BCUT2D eigenvalue weighted by Gasteiger charge is -2.46. The maximum Gasteiger partial charge on any atom is 0.407 e. The fourth-order valence-electron chi connectivity index (χ4n) is 5.01. The number of alkyl carbamates (subject to hydrolysis) is 1. The second kappa shape index (κ2) is 17.7. The number of amides is 1. The SMILES string of the molecule is C=C(C)C(=O)OCCOCCOC(=O)CC1CC(C)(C)CC(C)(CNC(=O)OCCOCCOC(=O)C(=C)C)C1. The molecule has 1 aliphatic carbocycles. The van der Waals surface area contributed by atoms with Crippen LogP contribution in [0.4, 0.5) is 4.79 Å². The molecule has 40 heavy (non-hydrogen) atoms. The molecule has 11 heteroatoms. The summed E-state index contributed by atoms with van der Waals surface area (Å²) in [6.07, 6.45) is 2.29. The van der Waals surface area contributed by atoms with Crippen LogP contribution in [-0.4, -0.2) is 83.4 Å². The lowest BCUT2D eigenvalue weighted by Crippen LogP contribution is -2.44. The molecule has 1 saturated carbocycles. The largest absolute Gasteiger partial charge is 0.463 e. The quantitative estimate of drug-likeness (QED) is 0.112. The van der Waals surface area contributed by atoms with Crippen molar-refractivity contribution < 1.29 is 47.6 Å². The highest BCUT2D eigenvalue weighted by Gasteiger charge is 2.42. The molecule has 0 saturated heterocycles. The monoisotopic (exact) mass is 569 g/mol. The molecule has 1 amide bonds. The van der Waals surface area contributed by atoms with E-state index in [9.17, 15) is 19.2 Å². The summed E-state index contributed by atoms with van der Waals surface area (Å²) in [4.78, 5) is 47.2.